The van der Waals surface area contributed by atoms with E-state index >= 15 is 0 Å². The molecule has 0 bridgehead atoms. The first-order valence-corrected chi connectivity index (χ1v) is 3.88. The van der Waals surface area contributed by atoms with Crippen LogP contribution < -0.4 is 5.73 Å². The minimum absolute atomic E-state index is 0.115. The number of aromatic nitrogens is 3. The van der Waals surface area contributed by atoms with Gasteiger partial charge in [-0.1, -0.05) is 0 Å². The Morgan fingerprint density at radius 1 is 1.77 bits per heavy atom. The van der Waals surface area contributed by atoms with Crippen molar-refractivity contribution < 1.29 is 9.53 Å². The van der Waals surface area contributed by atoms with Crippen LogP contribution in [0, 0.1) is 0 Å². The van der Waals surface area contributed by atoms with Gasteiger partial charge in [-0.05, 0) is 0 Å². The molecule has 1 aromatic rings. The van der Waals surface area contributed by atoms with E-state index in [9.17, 15) is 4.79 Å². The van der Waals surface area contributed by atoms with Gasteiger partial charge in [0.05, 0.1) is 13.0 Å². The van der Waals surface area contributed by atoms with Crippen LogP contribution in [0.1, 0.15) is 5.82 Å². The summed E-state index contributed by atoms with van der Waals surface area (Å²) >= 11 is 0. The van der Waals surface area contributed by atoms with Crippen LogP contribution >= 0.6 is 0 Å². The van der Waals surface area contributed by atoms with Gasteiger partial charge in [0.25, 0.3) is 0 Å². The Morgan fingerprint density at radius 3 is 3.15 bits per heavy atom. The molecule has 1 rings (SSSR count). The van der Waals surface area contributed by atoms with Crippen LogP contribution in [0.15, 0.2) is 6.33 Å². The molecule has 0 fully saturated rings. The minimum atomic E-state index is -0.410. The Balaban J connectivity index is 2.60. The van der Waals surface area contributed by atoms with Gasteiger partial charge < -0.3 is 15.0 Å². The van der Waals surface area contributed by atoms with Gasteiger partial charge in [-0.15, -0.1) is 10.2 Å². The molecule has 0 saturated heterocycles. The van der Waals surface area contributed by atoms with E-state index in [2.05, 4.69) is 10.2 Å². The van der Waals surface area contributed by atoms with Gasteiger partial charge in [0.2, 0.25) is 5.91 Å². The van der Waals surface area contributed by atoms with Crippen molar-refractivity contribution in [2.45, 2.75) is 13.0 Å². The van der Waals surface area contributed by atoms with E-state index < -0.39 is 5.91 Å². The average molecular weight is 184 g/mol. The highest BCUT2D eigenvalue weighted by Crippen LogP contribution is 1.95. The highest BCUT2D eigenvalue weighted by Gasteiger charge is 2.06. The van der Waals surface area contributed by atoms with Crippen molar-refractivity contribution in [2.24, 2.45) is 5.73 Å². The topological polar surface area (TPSA) is 83.0 Å². The van der Waals surface area contributed by atoms with Gasteiger partial charge >= 0.3 is 0 Å². The monoisotopic (exact) mass is 184 g/mol. The predicted octanol–water partition coefficient (Wildman–Crippen LogP) is -1.05. The molecule has 0 spiro atoms. The number of nitrogens with zero attached hydrogens (tertiary/aromatic N) is 3. The first-order chi connectivity index (χ1) is 6.24. The molecule has 0 atom stereocenters. The highest BCUT2D eigenvalue weighted by atomic mass is 16.5. The van der Waals surface area contributed by atoms with Gasteiger partial charge in [-0.2, -0.15) is 0 Å². The first kappa shape index (κ1) is 9.66. The van der Waals surface area contributed by atoms with E-state index in [0.717, 1.165) is 0 Å². The molecule has 0 saturated carbocycles. The van der Waals surface area contributed by atoms with Crippen molar-refractivity contribution in [2.75, 3.05) is 13.7 Å². The van der Waals surface area contributed by atoms with E-state index in [-0.39, 0.29) is 6.42 Å². The van der Waals surface area contributed by atoms with Crippen LogP contribution in [0.25, 0.3) is 0 Å². The molecule has 13 heavy (non-hydrogen) atoms. The molecule has 0 aliphatic rings. The second-order valence-corrected chi connectivity index (χ2v) is 2.58. The zero-order chi connectivity index (χ0) is 9.68. The Morgan fingerprint density at radius 2 is 2.54 bits per heavy atom. The summed E-state index contributed by atoms with van der Waals surface area (Å²) in [5, 5.41) is 7.44. The van der Waals surface area contributed by atoms with Crippen LogP contribution in [0.4, 0.5) is 0 Å². The third-order valence-electron chi connectivity index (χ3n) is 1.56. The number of carbonyl (C=O) groups is 1. The molecule has 72 valence electrons. The van der Waals surface area contributed by atoms with Crippen molar-refractivity contribution in [3.05, 3.63) is 12.2 Å². The second-order valence-electron chi connectivity index (χ2n) is 2.58. The van der Waals surface area contributed by atoms with Crippen molar-refractivity contribution in [3.63, 3.8) is 0 Å². The van der Waals surface area contributed by atoms with Crippen molar-refractivity contribution in [1.82, 2.24) is 14.8 Å². The van der Waals surface area contributed by atoms with E-state index in [1.165, 1.54) is 0 Å². The molecule has 1 aromatic heterocycles. The molecule has 0 radical (unpaired) electrons. The third kappa shape index (κ3) is 2.83. The van der Waals surface area contributed by atoms with Crippen molar-refractivity contribution in [3.8, 4) is 0 Å². The van der Waals surface area contributed by atoms with Crippen LogP contribution in [0.2, 0.25) is 0 Å². The molecule has 2 N–H and O–H groups in total. The van der Waals surface area contributed by atoms with Gasteiger partial charge in [0.15, 0.2) is 0 Å². The van der Waals surface area contributed by atoms with Gasteiger partial charge in [-0.25, -0.2) is 0 Å². The van der Waals surface area contributed by atoms with Gasteiger partial charge in [0, 0.05) is 13.7 Å². The van der Waals surface area contributed by atoms with Gasteiger partial charge in [0.1, 0.15) is 12.2 Å². The fraction of sp³-hybridized carbons (Fsp3) is 0.571. The third-order valence-corrected chi connectivity index (χ3v) is 1.56. The molecule has 1 heterocycles. The Kier molecular flexibility index (Phi) is 3.39. The molecule has 0 aromatic carbocycles. The molecular formula is C7H12N4O2. The average Bonchev–Trinajstić information content (AvgIpc) is 2.48. The molecule has 6 nitrogen and oxygen atoms in total. The maximum absolute atomic E-state index is 10.6. The number of hydrogen-bond acceptors (Lipinski definition) is 4. The molecule has 0 unspecified atom stereocenters. The first-order valence-electron chi connectivity index (χ1n) is 3.88. The van der Waals surface area contributed by atoms with E-state index in [0.29, 0.717) is 19.0 Å². The standard InChI is InChI=1S/C7H12N4O2/c1-13-3-2-11-5-9-10-7(11)4-6(8)12/h5H,2-4H2,1H3,(H2,8,12). The zero-order valence-corrected chi connectivity index (χ0v) is 7.43. The van der Waals surface area contributed by atoms with Crippen LogP contribution in [0.3, 0.4) is 0 Å². The summed E-state index contributed by atoms with van der Waals surface area (Å²) in [6.45, 7) is 1.19. The van der Waals surface area contributed by atoms with Crippen LogP contribution in [-0.2, 0) is 22.5 Å². The number of hydrogen-bond donors (Lipinski definition) is 1. The van der Waals surface area contributed by atoms with E-state index in [1.54, 1.807) is 18.0 Å². The normalized spacial score (nSPS) is 10.2. The summed E-state index contributed by atoms with van der Waals surface area (Å²) in [6, 6.07) is 0. The fourth-order valence-corrected chi connectivity index (χ4v) is 0.948. The molecule has 1 amide bonds. The predicted molar refractivity (Wildman–Crippen MR) is 44.8 cm³/mol. The minimum Gasteiger partial charge on any atom is -0.383 e. The highest BCUT2D eigenvalue weighted by molar-refractivity contribution is 5.75. The number of methoxy groups -OCH3 is 1. The zero-order valence-electron chi connectivity index (χ0n) is 7.43. The number of ether oxygens (including phenoxy) is 1. The number of amides is 1. The second kappa shape index (κ2) is 4.56. The number of nitrogens with two attached hydrogens (primary N) is 1. The summed E-state index contributed by atoms with van der Waals surface area (Å²) < 4.78 is 6.63. The summed E-state index contributed by atoms with van der Waals surface area (Å²) in [7, 11) is 1.61. The van der Waals surface area contributed by atoms with E-state index in [4.69, 9.17) is 10.5 Å². The molecule has 0 aliphatic heterocycles. The smallest absolute Gasteiger partial charge is 0.225 e. The molecule has 0 aliphatic carbocycles. The van der Waals surface area contributed by atoms with Crippen LogP contribution in [-0.4, -0.2) is 34.4 Å². The lowest BCUT2D eigenvalue weighted by molar-refractivity contribution is -0.117. The fourth-order valence-electron chi connectivity index (χ4n) is 0.948. The van der Waals surface area contributed by atoms with Gasteiger partial charge in [-0.3, -0.25) is 4.79 Å². The summed E-state index contributed by atoms with van der Waals surface area (Å²) in [6.07, 6.45) is 1.67. The summed E-state index contributed by atoms with van der Waals surface area (Å²) in [5.74, 6) is 0.163. The Bertz CT molecular complexity index is 284. The van der Waals surface area contributed by atoms with Crippen molar-refractivity contribution >= 4 is 5.91 Å². The van der Waals surface area contributed by atoms with E-state index in [1.807, 2.05) is 0 Å². The Hall–Kier alpha value is -1.43. The Labute approximate surface area is 75.7 Å². The quantitative estimate of drug-likeness (QED) is 0.633. The molecule has 6 heteroatoms. The largest absolute Gasteiger partial charge is 0.383 e. The molecular weight excluding hydrogens is 172 g/mol. The van der Waals surface area contributed by atoms with Crippen LogP contribution in [0.5, 0.6) is 0 Å². The lowest BCUT2D eigenvalue weighted by atomic mass is 10.4. The maximum Gasteiger partial charge on any atom is 0.225 e. The van der Waals surface area contributed by atoms with Crippen molar-refractivity contribution in [1.29, 1.82) is 0 Å². The number of carbonyl (C=O) groups excluding carboxylic acids is 1. The summed E-state index contributed by atoms with van der Waals surface area (Å²) in [5.41, 5.74) is 5.03. The number of rotatable bonds is 5. The lowest BCUT2D eigenvalue weighted by Crippen LogP contribution is -2.18. The number of primary amides is 1. The maximum atomic E-state index is 10.6. The lowest BCUT2D eigenvalue weighted by Gasteiger charge is -2.03. The SMILES string of the molecule is COCCn1cnnc1CC(N)=O. The summed E-state index contributed by atoms with van der Waals surface area (Å²) in [4.78, 5) is 10.6.